The lowest BCUT2D eigenvalue weighted by Crippen LogP contribution is -2.38. The highest BCUT2D eigenvalue weighted by Gasteiger charge is 2.28. The van der Waals surface area contributed by atoms with Crippen LogP contribution in [0.3, 0.4) is 0 Å². The predicted octanol–water partition coefficient (Wildman–Crippen LogP) is 2.17. The fraction of sp³-hybridized carbons (Fsp3) is 0.375. The third kappa shape index (κ3) is 4.13. The van der Waals surface area contributed by atoms with Crippen LogP contribution in [0.4, 0.5) is 0 Å². The monoisotopic (exact) mass is 339 g/mol. The van der Waals surface area contributed by atoms with Gasteiger partial charge in [0.25, 0.3) is 0 Å². The Hall–Kier alpha value is -1.83. The number of rotatable bonds is 7. The van der Waals surface area contributed by atoms with Crippen molar-refractivity contribution in [2.45, 2.75) is 31.3 Å². The van der Waals surface area contributed by atoms with E-state index in [4.69, 9.17) is 9.15 Å². The Bertz CT molecular complexity index is 751. The van der Waals surface area contributed by atoms with Crippen LogP contribution in [0.15, 0.2) is 45.9 Å². The van der Waals surface area contributed by atoms with E-state index in [0.717, 1.165) is 5.56 Å². The van der Waals surface area contributed by atoms with Gasteiger partial charge >= 0.3 is 0 Å². The van der Waals surface area contributed by atoms with E-state index in [2.05, 4.69) is 4.72 Å². The summed E-state index contributed by atoms with van der Waals surface area (Å²) in [6, 6.07) is 7.86. The highest BCUT2D eigenvalue weighted by molar-refractivity contribution is 7.89. The van der Waals surface area contributed by atoms with Gasteiger partial charge in [0.2, 0.25) is 10.0 Å². The van der Waals surface area contributed by atoms with Gasteiger partial charge in [-0.1, -0.05) is 0 Å². The summed E-state index contributed by atoms with van der Waals surface area (Å²) >= 11 is 0. The molecule has 0 amide bonds. The Morgan fingerprint density at radius 3 is 2.65 bits per heavy atom. The van der Waals surface area contributed by atoms with Crippen LogP contribution in [0.2, 0.25) is 0 Å². The summed E-state index contributed by atoms with van der Waals surface area (Å²) in [4.78, 5) is 0.119. The van der Waals surface area contributed by atoms with E-state index in [0.29, 0.717) is 18.1 Å². The molecule has 1 heterocycles. The molecule has 23 heavy (non-hydrogen) atoms. The van der Waals surface area contributed by atoms with Crippen molar-refractivity contribution in [3.05, 3.63) is 47.9 Å². The second kappa shape index (κ2) is 6.74. The fourth-order valence-electron chi connectivity index (χ4n) is 2.10. The zero-order valence-electron chi connectivity index (χ0n) is 13.4. The minimum absolute atomic E-state index is 0.119. The van der Waals surface area contributed by atoms with Crippen LogP contribution in [-0.4, -0.2) is 26.7 Å². The topological polar surface area (TPSA) is 88.8 Å². The van der Waals surface area contributed by atoms with Crippen molar-refractivity contribution in [2.75, 3.05) is 13.2 Å². The molecule has 7 heteroatoms. The Balaban J connectivity index is 2.14. The molecule has 0 aliphatic rings. The summed E-state index contributed by atoms with van der Waals surface area (Å²) in [5, 5.41) is 10.3. The highest BCUT2D eigenvalue weighted by Crippen LogP contribution is 2.23. The van der Waals surface area contributed by atoms with E-state index in [1.165, 1.54) is 25.3 Å². The maximum atomic E-state index is 12.4. The van der Waals surface area contributed by atoms with Crippen LogP contribution in [0.1, 0.15) is 25.2 Å². The predicted molar refractivity (Wildman–Crippen MR) is 85.8 cm³/mol. The molecule has 0 unspecified atom stereocenters. The number of hydrogen-bond donors (Lipinski definition) is 2. The maximum absolute atomic E-state index is 12.4. The summed E-state index contributed by atoms with van der Waals surface area (Å²) in [6.07, 6.45) is 1.42. The molecule has 2 aromatic rings. The highest BCUT2D eigenvalue weighted by atomic mass is 32.2. The van der Waals surface area contributed by atoms with Crippen molar-refractivity contribution in [3.63, 3.8) is 0 Å². The first-order valence-electron chi connectivity index (χ1n) is 7.26. The molecule has 0 fully saturated rings. The molecule has 0 bridgehead atoms. The molecule has 1 aromatic heterocycles. The number of sulfonamides is 1. The van der Waals surface area contributed by atoms with E-state index < -0.39 is 15.6 Å². The molecule has 2 rings (SSSR count). The first kappa shape index (κ1) is 17.5. The van der Waals surface area contributed by atoms with Crippen LogP contribution in [0, 0.1) is 6.92 Å². The molecule has 1 aromatic carbocycles. The summed E-state index contributed by atoms with van der Waals surface area (Å²) in [5.41, 5.74) is -0.704. The van der Waals surface area contributed by atoms with Crippen molar-refractivity contribution in [2.24, 2.45) is 0 Å². The Kier molecular flexibility index (Phi) is 5.13. The number of nitrogens with one attached hydrogen (secondary N) is 1. The van der Waals surface area contributed by atoms with Crippen LogP contribution in [-0.2, 0) is 15.6 Å². The van der Waals surface area contributed by atoms with Crippen LogP contribution >= 0.6 is 0 Å². The van der Waals surface area contributed by atoms with Crippen molar-refractivity contribution < 1.29 is 22.7 Å². The lowest BCUT2D eigenvalue weighted by atomic mass is 10.1. The minimum atomic E-state index is -3.75. The SMILES string of the molecule is CCOc1ccc(S(=O)(=O)NC[C@@](C)(O)c2ccco2)cc1C. The molecule has 1 atom stereocenters. The third-order valence-corrected chi connectivity index (χ3v) is 4.81. The fourth-order valence-corrected chi connectivity index (χ4v) is 3.31. The van der Waals surface area contributed by atoms with Gasteiger partial charge in [0.05, 0.1) is 17.8 Å². The minimum Gasteiger partial charge on any atom is -0.494 e. The molecule has 126 valence electrons. The number of ether oxygens (including phenoxy) is 1. The molecule has 0 saturated heterocycles. The van der Waals surface area contributed by atoms with Crippen molar-refractivity contribution >= 4 is 10.0 Å². The van der Waals surface area contributed by atoms with Crippen LogP contribution < -0.4 is 9.46 Å². The molecule has 0 saturated carbocycles. The number of hydrogen-bond acceptors (Lipinski definition) is 5. The second-order valence-electron chi connectivity index (χ2n) is 5.44. The molecule has 0 spiro atoms. The molecule has 2 N–H and O–H groups in total. The van der Waals surface area contributed by atoms with Gasteiger partial charge in [-0.2, -0.15) is 0 Å². The first-order valence-corrected chi connectivity index (χ1v) is 8.74. The largest absolute Gasteiger partial charge is 0.494 e. The average molecular weight is 339 g/mol. The Morgan fingerprint density at radius 1 is 1.35 bits per heavy atom. The van der Waals surface area contributed by atoms with Crippen molar-refractivity contribution in [1.82, 2.24) is 4.72 Å². The van der Waals surface area contributed by atoms with Gasteiger partial charge in [0.1, 0.15) is 17.1 Å². The number of furan rings is 1. The summed E-state index contributed by atoms with van der Waals surface area (Å²) in [6.45, 7) is 5.44. The standard InChI is InChI=1S/C16H21NO5S/c1-4-21-14-8-7-13(10-12(14)2)23(19,20)17-11-16(3,18)15-6-5-9-22-15/h5-10,17-18H,4,11H2,1-3H3/t16-/m1/s1. The second-order valence-corrected chi connectivity index (χ2v) is 7.20. The lowest BCUT2D eigenvalue weighted by Gasteiger charge is -2.21. The van der Waals surface area contributed by atoms with Gasteiger partial charge in [-0.15, -0.1) is 0 Å². The summed E-state index contributed by atoms with van der Waals surface area (Å²) in [7, 11) is -3.75. The van der Waals surface area contributed by atoms with E-state index in [1.54, 1.807) is 25.1 Å². The van der Waals surface area contributed by atoms with Gasteiger partial charge in [0.15, 0.2) is 0 Å². The van der Waals surface area contributed by atoms with Crippen LogP contribution in [0.5, 0.6) is 5.75 Å². The molecule has 0 aliphatic heterocycles. The van der Waals surface area contributed by atoms with Crippen molar-refractivity contribution in [3.8, 4) is 5.75 Å². The zero-order chi connectivity index (χ0) is 17.1. The van der Waals surface area contributed by atoms with Gasteiger partial charge in [-0.3, -0.25) is 0 Å². The molecule has 6 nitrogen and oxygen atoms in total. The zero-order valence-corrected chi connectivity index (χ0v) is 14.2. The van der Waals surface area contributed by atoms with E-state index in [-0.39, 0.29) is 11.4 Å². The quantitative estimate of drug-likeness (QED) is 0.807. The normalized spacial score (nSPS) is 14.4. The number of benzene rings is 1. The maximum Gasteiger partial charge on any atom is 0.240 e. The molecular weight excluding hydrogens is 318 g/mol. The van der Waals surface area contributed by atoms with E-state index in [1.807, 2.05) is 6.92 Å². The van der Waals surface area contributed by atoms with E-state index >= 15 is 0 Å². The summed E-state index contributed by atoms with van der Waals surface area (Å²) in [5.74, 6) is 0.942. The lowest BCUT2D eigenvalue weighted by molar-refractivity contribution is 0.0395. The summed E-state index contributed by atoms with van der Waals surface area (Å²) < 4.78 is 37.7. The van der Waals surface area contributed by atoms with Gasteiger partial charge in [-0.05, 0) is 56.7 Å². The van der Waals surface area contributed by atoms with Gasteiger partial charge in [-0.25, -0.2) is 13.1 Å². The molecule has 0 radical (unpaired) electrons. The Morgan fingerprint density at radius 2 is 2.09 bits per heavy atom. The van der Waals surface area contributed by atoms with Crippen LogP contribution in [0.25, 0.3) is 0 Å². The average Bonchev–Trinajstić information content (AvgIpc) is 3.03. The molecular formula is C16H21NO5S. The Labute approximate surface area is 136 Å². The van der Waals surface area contributed by atoms with Gasteiger partial charge < -0.3 is 14.3 Å². The van der Waals surface area contributed by atoms with Gasteiger partial charge in [0, 0.05) is 6.54 Å². The van der Waals surface area contributed by atoms with E-state index in [9.17, 15) is 13.5 Å². The third-order valence-electron chi connectivity index (χ3n) is 3.41. The van der Waals surface area contributed by atoms with Crippen molar-refractivity contribution in [1.29, 1.82) is 0 Å². The number of aliphatic hydroxyl groups is 1. The molecule has 0 aliphatic carbocycles. The first-order chi connectivity index (χ1) is 10.8. The number of aryl methyl sites for hydroxylation is 1. The smallest absolute Gasteiger partial charge is 0.240 e.